The minimum atomic E-state index is 0.216. The van der Waals surface area contributed by atoms with E-state index in [2.05, 4.69) is 10.2 Å². The quantitative estimate of drug-likeness (QED) is 0.505. The Kier molecular flexibility index (Phi) is 8.81. The van der Waals surface area contributed by atoms with Gasteiger partial charge in [0.05, 0.1) is 13.2 Å². The summed E-state index contributed by atoms with van der Waals surface area (Å²) in [5.41, 5.74) is 0. The highest BCUT2D eigenvalue weighted by molar-refractivity contribution is 4.57. The highest BCUT2D eigenvalue weighted by Gasteiger charge is 2.01. The van der Waals surface area contributed by atoms with Gasteiger partial charge in [-0.3, -0.25) is 4.90 Å². The number of hydrogen-bond acceptors (Lipinski definition) is 4. The van der Waals surface area contributed by atoms with Crippen LogP contribution < -0.4 is 5.32 Å². The van der Waals surface area contributed by atoms with Gasteiger partial charge >= 0.3 is 0 Å². The monoisotopic (exact) mass is 176 g/mol. The first-order valence-corrected chi connectivity index (χ1v) is 4.32. The molecule has 0 atom stereocenters. The van der Waals surface area contributed by atoms with Crippen molar-refractivity contribution >= 4 is 0 Å². The maximum atomic E-state index is 8.73. The van der Waals surface area contributed by atoms with E-state index in [1.54, 1.807) is 7.11 Å². The first kappa shape index (κ1) is 11.8. The second-order valence-corrected chi connectivity index (χ2v) is 2.66. The molecule has 0 bridgehead atoms. The van der Waals surface area contributed by atoms with E-state index in [9.17, 15) is 0 Å². The largest absolute Gasteiger partial charge is 0.395 e. The molecular formula is C8H20N2O2. The number of methoxy groups -OCH3 is 1. The molecular weight excluding hydrogens is 156 g/mol. The number of ether oxygens (including phenoxy) is 1. The van der Waals surface area contributed by atoms with Crippen LogP contribution in [-0.2, 0) is 4.74 Å². The van der Waals surface area contributed by atoms with Gasteiger partial charge in [-0.05, 0) is 7.05 Å². The minimum Gasteiger partial charge on any atom is -0.395 e. The van der Waals surface area contributed by atoms with Crippen molar-refractivity contribution in [1.82, 2.24) is 10.2 Å². The Bertz CT molecular complexity index is 83.1. The first-order chi connectivity index (χ1) is 5.85. The molecule has 12 heavy (non-hydrogen) atoms. The molecule has 0 aliphatic rings. The lowest BCUT2D eigenvalue weighted by Crippen LogP contribution is -2.35. The lowest BCUT2D eigenvalue weighted by Gasteiger charge is -2.20. The fourth-order valence-electron chi connectivity index (χ4n) is 0.967. The molecule has 0 aromatic heterocycles. The van der Waals surface area contributed by atoms with Crippen LogP contribution in [0.2, 0.25) is 0 Å². The number of aliphatic hydroxyl groups is 1. The maximum Gasteiger partial charge on any atom is 0.0589 e. The van der Waals surface area contributed by atoms with Crippen molar-refractivity contribution in [3.8, 4) is 0 Å². The van der Waals surface area contributed by atoms with E-state index < -0.39 is 0 Å². The van der Waals surface area contributed by atoms with Crippen LogP contribution in [0.1, 0.15) is 0 Å². The molecule has 0 aromatic carbocycles. The van der Waals surface area contributed by atoms with Crippen LogP contribution in [0, 0.1) is 0 Å². The number of nitrogens with one attached hydrogen (secondary N) is 1. The second kappa shape index (κ2) is 8.93. The Morgan fingerprint density at radius 3 is 2.58 bits per heavy atom. The Hall–Kier alpha value is -0.160. The molecule has 0 spiro atoms. The average Bonchev–Trinajstić information content (AvgIpc) is 2.10. The van der Waals surface area contributed by atoms with Gasteiger partial charge in [-0.2, -0.15) is 0 Å². The van der Waals surface area contributed by atoms with Gasteiger partial charge in [-0.25, -0.2) is 0 Å². The van der Waals surface area contributed by atoms with E-state index in [1.165, 1.54) is 0 Å². The summed E-state index contributed by atoms with van der Waals surface area (Å²) >= 11 is 0. The molecule has 0 aromatic rings. The molecule has 0 heterocycles. The summed E-state index contributed by atoms with van der Waals surface area (Å²) in [4.78, 5) is 2.17. The van der Waals surface area contributed by atoms with Gasteiger partial charge in [0.2, 0.25) is 0 Å². The van der Waals surface area contributed by atoms with Gasteiger partial charge in [0.25, 0.3) is 0 Å². The third-order valence-electron chi connectivity index (χ3n) is 1.71. The molecule has 0 aliphatic heterocycles. The highest BCUT2D eigenvalue weighted by Crippen LogP contribution is 1.86. The predicted octanol–water partition coefficient (Wildman–Crippen LogP) is -0.853. The van der Waals surface area contributed by atoms with Gasteiger partial charge in [-0.1, -0.05) is 0 Å². The van der Waals surface area contributed by atoms with Gasteiger partial charge in [0, 0.05) is 33.3 Å². The summed E-state index contributed by atoms with van der Waals surface area (Å²) in [6.07, 6.45) is 0. The smallest absolute Gasteiger partial charge is 0.0589 e. The number of nitrogens with zero attached hydrogens (tertiary/aromatic N) is 1. The van der Waals surface area contributed by atoms with Crippen molar-refractivity contribution in [2.24, 2.45) is 0 Å². The van der Waals surface area contributed by atoms with Crippen LogP contribution >= 0.6 is 0 Å². The zero-order valence-electron chi connectivity index (χ0n) is 8.05. The molecule has 4 heteroatoms. The second-order valence-electron chi connectivity index (χ2n) is 2.66. The summed E-state index contributed by atoms with van der Waals surface area (Å²) in [7, 11) is 3.61. The average molecular weight is 176 g/mol. The SMILES string of the molecule is CNCCN(CCO)CCOC. The van der Waals surface area contributed by atoms with E-state index >= 15 is 0 Å². The molecule has 4 nitrogen and oxygen atoms in total. The molecule has 0 amide bonds. The van der Waals surface area contributed by atoms with Gasteiger partial charge in [-0.15, -0.1) is 0 Å². The molecule has 2 N–H and O–H groups in total. The normalized spacial score (nSPS) is 11.0. The lowest BCUT2D eigenvalue weighted by molar-refractivity contribution is 0.132. The fraction of sp³-hybridized carbons (Fsp3) is 1.00. The van der Waals surface area contributed by atoms with Crippen LogP contribution in [0.15, 0.2) is 0 Å². The Morgan fingerprint density at radius 1 is 1.33 bits per heavy atom. The van der Waals surface area contributed by atoms with E-state index in [4.69, 9.17) is 9.84 Å². The minimum absolute atomic E-state index is 0.216. The molecule has 0 unspecified atom stereocenters. The summed E-state index contributed by atoms with van der Waals surface area (Å²) in [5, 5.41) is 11.8. The number of aliphatic hydroxyl groups excluding tert-OH is 1. The van der Waals surface area contributed by atoms with Crippen molar-refractivity contribution in [1.29, 1.82) is 0 Å². The van der Waals surface area contributed by atoms with E-state index in [1.807, 2.05) is 7.05 Å². The number of rotatable bonds is 8. The van der Waals surface area contributed by atoms with Crippen LogP contribution in [-0.4, -0.2) is 63.6 Å². The van der Waals surface area contributed by atoms with Gasteiger partial charge < -0.3 is 15.2 Å². The zero-order chi connectivity index (χ0) is 9.23. The topological polar surface area (TPSA) is 44.7 Å². The van der Waals surface area contributed by atoms with Gasteiger partial charge in [0.1, 0.15) is 0 Å². The molecule has 0 radical (unpaired) electrons. The molecule has 0 aliphatic carbocycles. The van der Waals surface area contributed by atoms with Gasteiger partial charge in [0.15, 0.2) is 0 Å². The Balaban J connectivity index is 3.40. The van der Waals surface area contributed by atoms with Crippen molar-refractivity contribution in [3.63, 3.8) is 0 Å². The maximum absolute atomic E-state index is 8.73. The molecule has 0 fully saturated rings. The Labute approximate surface area is 74.5 Å². The molecule has 0 rings (SSSR count). The fourth-order valence-corrected chi connectivity index (χ4v) is 0.967. The lowest BCUT2D eigenvalue weighted by atomic mass is 10.4. The van der Waals surface area contributed by atoms with Crippen molar-refractivity contribution in [3.05, 3.63) is 0 Å². The highest BCUT2D eigenvalue weighted by atomic mass is 16.5. The molecule has 0 saturated heterocycles. The summed E-state index contributed by atoms with van der Waals surface area (Å²) < 4.78 is 4.95. The standard InChI is InChI=1S/C8H20N2O2/c1-9-3-4-10(5-7-11)6-8-12-2/h9,11H,3-8H2,1-2H3. The number of likely N-dealkylation sites (N-methyl/N-ethyl adjacent to an activating group) is 1. The van der Waals surface area contributed by atoms with Crippen LogP contribution in [0.25, 0.3) is 0 Å². The van der Waals surface area contributed by atoms with E-state index in [0.717, 1.165) is 32.8 Å². The first-order valence-electron chi connectivity index (χ1n) is 4.32. The van der Waals surface area contributed by atoms with E-state index in [-0.39, 0.29) is 6.61 Å². The van der Waals surface area contributed by atoms with Crippen molar-refractivity contribution in [2.45, 2.75) is 0 Å². The van der Waals surface area contributed by atoms with Crippen LogP contribution in [0.4, 0.5) is 0 Å². The van der Waals surface area contributed by atoms with Crippen molar-refractivity contribution in [2.75, 3.05) is 53.6 Å². The van der Waals surface area contributed by atoms with Crippen molar-refractivity contribution < 1.29 is 9.84 Å². The number of hydrogen-bond donors (Lipinski definition) is 2. The molecule has 0 saturated carbocycles. The summed E-state index contributed by atoms with van der Waals surface area (Å²) in [6, 6.07) is 0. The zero-order valence-corrected chi connectivity index (χ0v) is 8.05. The van der Waals surface area contributed by atoms with Crippen LogP contribution in [0.5, 0.6) is 0 Å². The predicted molar refractivity (Wildman–Crippen MR) is 49.3 cm³/mol. The third kappa shape index (κ3) is 6.54. The summed E-state index contributed by atoms with van der Waals surface area (Å²) in [5.74, 6) is 0. The van der Waals surface area contributed by atoms with E-state index in [0.29, 0.717) is 0 Å². The Morgan fingerprint density at radius 2 is 2.08 bits per heavy atom. The third-order valence-corrected chi connectivity index (χ3v) is 1.71. The molecule has 74 valence electrons. The summed E-state index contributed by atoms with van der Waals surface area (Å²) in [6.45, 7) is 4.46. The van der Waals surface area contributed by atoms with Crippen LogP contribution in [0.3, 0.4) is 0 Å².